The maximum atomic E-state index is 11.6. The van der Waals surface area contributed by atoms with Crippen LogP contribution in [0.25, 0.3) is 0 Å². The number of anilines is 1. The molecule has 0 bridgehead atoms. The zero-order valence-electron chi connectivity index (χ0n) is 10.9. The number of benzene rings is 1. The molecule has 0 spiro atoms. The van der Waals surface area contributed by atoms with Crippen LogP contribution in [0.2, 0.25) is 0 Å². The molecule has 2 atom stereocenters. The van der Waals surface area contributed by atoms with Gasteiger partial charge >= 0.3 is 0 Å². The predicted octanol–water partition coefficient (Wildman–Crippen LogP) is -0.201. The molecule has 1 aromatic rings. The van der Waals surface area contributed by atoms with Crippen LogP contribution in [0, 0.1) is 0 Å². The second kappa shape index (κ2) is 4.53. The van der Waals surface area contributed by atoms with Crippen LogP contribution >= 0.6 is 0 Å². The molecule has 0 aliphatic carbocycles. The van der Waals surface area contributed by atoms with E-state index in [1.165, 1.54) is 0 Å². The number of likely N-dealkylation sites (N-methyl/N-ethyl adjacent to an activating group) is 1. The second-order valence-electron chi connectivity index (χ2n) is 4.50. The first kappa shape index (κ1) is 12.5. The molecule has 0 radical (unpaired) electrons. The maximum absolute atomic E-state index is 11.6. The molecule has 2 heterocycles. The van der Waals surface area contributed by atoms with Gasteiger partial charge in [0.05, 0.1) is 5.69 Å². The topological polar surface area (TPSA) is 106 Å². The monoisotopic (exact) mass is 273 g/mol. The molecule has 2 unspecified atom stereocenters. The molecule has 1 aromatic carbocycles. The van der Waals surface area contributed by atoms with Crippen molar-refractivity contribution in [2.45, 2.75) is 12.3 Å². The smallest absolute Gasteiger partial charge is 0.265 e. The number of fused-ring (bicyclic) bond motifs is 1. The van der Waals surface area contributed by atoms with Crippen molar-refractivity contribution >= 4 is 17.6 Å². The first-order valence-electron chi connectivity index (χ1n) is 6.19. The van der Waals surface area contributed by atoms with Gasteiger partial charge in [0.1, 0.15) is 6.17 Å². The van der Waals surface area contributed by atoms with Gasteiger partial charge in [-0.15, -0.1) is 0 Å². The molecule has 5 N–H and O–H groups in total. The lowest BCUT2D eigenvalue weighted by molar-refractivity contribution is -0.129. The number of aliphatic imine (C=N–C) groups is 1. The molecule has 2 aliphatic heterocycles. The summed E-state index contributed by atoms with van der Waals surface area (Å²) in [5.41, 5.74) is 13.4. The summed E-state index contributed by atoms with van der Waals surface area (Å²) in [4.78, 5) is 17.3. The third kappa shape index (κ3) is 1.71. The van der Waals surface area contributed by atoms with E-state index in [1.54, 1.807) is 24.2 Å². The van der Waals surface area contributed by atoms with Gasteiger partial charge < -0.3 is 21.5 Å². The lowest BCUT2D eigenvalue weighted by atomic mass is 10.00. The Balaban J connectivity index is 1.98. The van der Waals surface area contributed by atoms with E-state index in [0.29, 0.717) is 17.4 Å². The van der Waals surface area contributed by atoms with E-state index in [0.717, 1.165) is 5.56 Å². The van der Waals surface area contributed by atoms with E-state index in [1.807, 2.05) is 18.2 Å². The highest BCUT2D eigenvalue weighted by Crippen LogP contribution is 2.46. The molecule has 0 saturated heterocycles. The molecule has 2 aliphatic rings. The summed E-state index contributed by atoms with van der Waals surface area (Å²) in [6, 6.07) is 5.52. The minimum absolute atomic E-state index is 0.181. The molecule has 3 rings (SSSR count). The minimum Gasteiger partial charge on any atom is -0.473 e. The van der Waals surface area contributed by atoms with E-state index >= 15 is 0 Å². The molecule has 0 aromatic heterocycles. The zero-order valence-corrected chi connectivity index (χ0v) is 10.9. The van der Waals surface area contributed by atoms with Crippen LogP contribution in [0.15, 0.2) is 35.5 Å². The number of nitrogens with one attached hydrogen (secondary N) is 1. The summed E-state index contributed by atoms with van der Waals surface area (Å²) in [6.07, 6.45) is 2.30. The number of hydrogen-bond donors (Lipinski definition) is 3. The van der Waals surface area contributed by atoms with Crippen molar-refractivity contribution in [1.82, 2.24) is 5.32 Å². The standard InChI is InChI=1S/C13H15N5O2/c1-16-12(19)11-7-3-2-4-8(10(7)20-11)18-9(14)5-6-17-13(18)15/h2-6,9,11H,14H2,1H3,(H2,15,17)(H,16,19). The zero-order chi connectivity index (χ0) is 14.3. The highest BCUT2D eigenvalue weighted by molar-refractivity contribution is 5.99. The van der Waals surface area contributed by atoms with Crippen LogP contribution in [0.4, 0.5) is 5.69 Å². The van der Waals surface area contributed by atoms with Crippen LogP contribution in [-0.4, -0.2) is 25.1 Å². The van der Waals surface area contributed by atoms with Gasteiger partial charge in [0.2, 0.25) is 12.1 Å². The first-order valence-corrected chi connectivity index (χ1v) is 6.19. The minimum atomic E-state index is -0.579. The summed E-state index contributed by atoms with van der Waals surface area (Å²) in [5.74, 6) is 0.726. The van der Waals surface area contributed by atoms with Crippen LogP contribution in [0.1, 0.15) is 11.7 Å². The molecule has 0 fully saturated rings. The Labute approximate surface area is 115 Å². The normalized spacial score (nSPS) is 23.3. The quantitative estimate of drug-likeness (QED) is 0.692. The average molecular weight is 273 g/mol. The van der Waals surface area contributed by atoms with Crippen molar-refractivity contribution in [2.24, 2.45) is 16.5 Å². The third-order valence-electron chi connectivity index (χ3n) is 3.32. The van der Waals surface area contributed by atoms with Gasteiger partial charge in [-0.05, 0) is 12.1 Å². The second-order valence-corrected chi connectivity index (χ2v) is 4.50. The molecule has 0 saturated carbocycles. The van der Waals surface area contributed by atoms with Gasteiger partial charge in [-0.2, -0.15) is 0 Å². The highest BCUT2D eigenvalue weighted by Gasteiger charge is 2.38. The number of para-hydroxylation sites is 1. The van der Waals surface area contributed by atoms with Crippen molar-refractivity contribution in [2.75, 3.05) is 11.9 Å². The Morgan fingerprint density at radius 2 is 2.30 bits per heavy atom. The Morgan fingerprint density at radius 3 is 3.00 bits per heavy atom. The average Bonchev–Trinajstić information content (AvgIpc) is 2.40. The number of carbonyl (C=O) groups is 1. The van der Waals surface area contributed by atoms with Crippen molar-refractivity contribution in [1.29, 1.82) is 0 Å². The van der Waals surface area contributed by atoms with Crippen molar-refractivity contribution in [3.63, 3.8) is 0 Å². The Kier molecular flexibility index (Phi) is 2.83. The number of guanidine groups is 1. The molecule has 20 heavy (non-hydrogen) atoms. The van der Waals surface area contributed by atoms with Gasteiger partial charge in [-0.1, -0.05) is 12.1 Å². The fraction of sp³-hybridized carbons (Fsp3) is 0.231. The van der Waals surface area contributed by atoms with E-state index in [9.17, 15) is 4.79 Å². The van der Waals surface area contributed by atoms with E-state index < -0.39 is 12.3 Å². The Bertz CT molecular complexity index is 625. The van der Waals surface area contributed by atoms with Gasteiger partial charge in [0, 0.05) is 18.8 Å². The molecular weight excluding hydrogens is 258 g/mol. The van der Waals surface area contributed by atoms with Crippen LogP contribution in [-0.2, 0) is 4.79 Å². The van der Waals surface area contributed by atoms with Crippen LogP contribution in [0.3, 0.4) is 0 Å². The van der Waals surface area contributed by atoms with Crippen molar-refractivity contribution in [3.05, 3.63) is 36.0 Å². The molecule has 104 valence electrons. The maximum Gasteiger partial charge on any atom is 0.265 e. The largest absolute Gasteiger partial charge is 0.473 e. The summed E-state index contributed by atoms with van der Waals surface area (Å²) in [5, 5.41) is 2.56. The van der Waals surface area contributed by atoms with Crippen LogP contribution in [0.5, 0.6) is 5.75 Å². The predicted molar refractivity (Wildman–Crippen MR) is 75.1 cm³/mol. The van der Waals surface area contributed by atoms with Gasteiger partial charge in [0.15, 0.2) is 5.75 Å². The number of nitrogens with zero attached hydrogens (tertiary/aromatic N) is 2. The first-order chi connectivity index (χ1) is 9.63. The molecule has 7 heteroatoms. The number of ether oxygens (including phenoxy) is 1. The number of nitrogens with two attached hydrogens (primary N) is 2. The van der Waals surface area contributed by atoms with Crippen molar-refractivity contribution < 1.29 is 9.53 Å². The Morgan fingerprint density at radius 1 is 1.50 bits per heavy atom. The van der Waals surface area contributed by atoms with E-state index in [4.69, 9.17) is 16.2 Å². The Hall–Kier alpha value is -2.54. The van der Waals surface area contributed by atoms with Gasteiger partial charge in [0.25, 0.3) is 5.91 Å². The highest BCUT2D eigenvalue weighted by atomic mass is 16.5. The molecule has 1 amide bonds. The van der Waals surface area contributed by atoms with Crippen molar-refractivity contribution in [3.8, 4) is 5.75 Å². The molecule has 7 nitrogen and oxygen atoms in total. The van der Waals surface area contributed by atoms with Gasteiger partial charge in [-0.25, -0.2) is 4.99 Å². The van der Waals surface area contributed by atoms with E-state index in [-0.39, 0.29) is 5.91 Å². The number of carbonyl (C=O) groups excluding carboxylic acids is 1. The van der Waals surface area contributed by atoms with Crippen LogP contribution < -0.4 is 26.4 Å². The molecular formula is C13H15N5O2. The lowest BCUT2D eigenvalue weighted by Gasteiger charge is -2.37. The van der Waals surface area contributed by atoms with E-state index in [2.05, 4.69) is 10.3 Å². The summed E-state index contributed by atoms with van der Waals surface area (Å²) < 4.78 is 5.57. The fourth-order valence-corrected chi connectivity index (χ4v) is 2.31. The number of amides is 1. The van der Waals surface area contributed by atoms with Gasteiger partial charge in [-0.3, -0.25) is 9.69 Å². The SMILES string of the molecule is CNC(=O)C1Oc2c1cccc2N1C(N)=NC=CC1N. The summed E-state index contributed by atoms with van der Waals surface area (Å²) >= 11 is 0. The number of rotatable bonds is 2. The lowest BCUT2D eigenvalue weighted by Crippen LogP contribution is -2.50. The fourth-order valence-electron chi connectivity index (χ4n) is 2.31. The number of hydrogen-bond acceptors (Lipinski definition) is 6. The summed E-state index contributed by atoms with van der Waals surface area (Å²) in [6.45, 7) is 0. The third-order valence-corrected chi connectivity index (χ3v) is 3.32. The summed E-state index contributed by atoms with van der Waals surface area (Å²) in [7, 11) is 1.57.